The third-order valence-electron chi connectivity index (χ3n) is 5.39. The van der Waals surface area contributed by atoms with Gasteiger partial charge in [-0.05, 0) is 75.3 Å². The molecule has 0 saturated heterocycles. The van der Waals surface area contributed by atoms with Gasteiger partial charge in [0.05, 0.1) is 12.6 Å². The molecule has 3 rings (SSSR count). The summed E-state index contributed by atoms with van der Waals surface area (Å²) in [6, 6.07) is 12.9. The van der Waals surface area contributed by atoms with Crippen LogP contribution in [0.5, 0.6) is 0 Å². The summed E-state index contributed by atoms with van der Waals surface area (Å²) in [4.78, 5) is 38.1. The average Bonchev–Trinajstić information content (AvgIpc) is 3.67. The van der Waals surface area contributed by atoms with Crippen LogP contribution in [-0.4, -0.2) is 64.7 Å². The lowest BCUT2D eigenvalue weighted by atomic mass is 10.1. The molecule has 3 amide bonds. The second-order valence-electron chi connectivity index (χ2n) is 8.27. The van der Waals surface area contributed by atoms with Crippen molar-refractivity contribution in [2.75, 3.05) is 18.9 Å². The van der Waals surface area contributed by atoms with E-state index in [1.165, 1.54) is 12.4 Å². The Bertz CT molecular complexity index is 1080. The molecule has 0 unspecified atom stereocenters. The van der Waals surface area contributed by atoms with Crippen LogP contribution in [0.25, 0.3) is 0 Å². The van der Waals surface area contributed by atoms with Gasteiger partial charge in [-0.3, -0.25) is 24.5 Å². The second kappa shape index (κ2) is 11.4. The fourth-order valence-electron chi connectivity index (χ4n) is 3.26. The number of aliphatic hydroxyl groups excluding tert-OH is 1. The molecule has 1 aliphatic carbocycles. The summed E-state index contributed by atoms with van der Waals surface area (Å²) in [7, 11) is 1.96. The van der Waals surface area contributed by atoms with E-state index in [-0.39, 0.29) is 11.5 Å². The highest BCUT2D eigenvalue weighted by Crippen LogP contribution is 2.24. The molecule has 0 spiro atoms. The lowest BCUT2D eigenvalue weighted by molar-refractivity contribution is -0.133. The van der Waals surface area contributed by atoms with Gasteiger partial charge in [0.15, 0.2) is 0 Å². The Hall–Kier alpha value is -3.71. The molecule has 34 heavy (non-hydrogen) atoms. The van der Waals surface area contributed by atoms with E-state index in [0.717, 1.165) is 18.4 Å². The maximum Gasteiger partial charge on any atom is 0.268 e. The number of nitrogens with one attached hydrogen (secondary N) is 3. The van der Waals surface area contributed by atoms with Crippen molar-refractivity contribution in [2.45, 2.75) is 38.0 Å². The first-order valence-electron chi connectivity index (χ1n) is 10.9. The third kappa shape index (κ3) is 7.15. The largest absolute Gasteiger partial charge is 0.391 e. The number of hydrogen-bond donors (Lipinski definition) is 5. The molecule has 5 N–H and O–H groups in total. The topological polar surface area (TPSA) is 131 Å². The molecular weight excluding hydrogens is 436 g/mol. The lowest BCUT2D eigenvalue weighted by Gasteiger charge is -2.19. The van der Waals surface area contributed by atoms with Crippen molar-refractivity contribution in [1.82, 2.24) is 15.7 Å². The van der Waals surface area contributed by atoms with Gasteiger partial charge >= 0.3 is 0 Å². The molecule has 0 heterocycles. The van der Waals surface area contributed by atoms with Crippen LogP contribution in [0.15, 0.2) is 48.5 Å². The van der Waals surface area contributed by atoms with Crippen LogP contribution in [0, 0.1) is 11.8 Å². The standard InChI is InChI=1S/C25H28N4O5/c1-16(30)23(25(33)28-34)27-24(32)19-9-5-17(6-10-19)3-4-18-7-11-20(12-8-18)26-22(31)15-29(2)21-13-14-21/h5-12,16,21,23,30,34H,13-15H2,1-2H3,(H,26,31)(H,27,32)(H,28,33)/t16-,23+/m1/s1. The van der Waals surface area contributed by atoms with Crippen molar-refractivity contribution in [3.63, 3.8) is 0 Å². The smallest absolute Gasteiger partial charge is 0.268 e. The van der Waals surface area contributed by atoms with Crippen molar-refractivity contribution in [1.29, 1.82) is 0 Å². The van der Waals surface area contributed by atoms with E-state index in [1.54, 1.807) is 36.4 Å². The van der Waals surface area contributed by atoms with Crippen molar-refractivity contribution in [3.8, 4) is 11.8 Å². The van der Waals surface area contributed by atoms with E-state index in [4.69, 9.17) is 5.21 Å². The average molecular weight is 465 g/mol. The number of aliphatic hydroxyl groups is 1. The van der Waals surface area contributed by atoms with Gasteiger partial charge in [0.2, 0.25) is 5.91 Å². The van der Waals surface area contributed by atoms with Crippen LogP contribution in [0.1, 0.15) is 41.3 Å². The lowest BCUT2D eigenvalue weighted by Crippen LogP contribution is -2.51. The van der Waals surface area contributed by atoms with Crippen molar-refractivity contribution in [2.24, 2.45) is 0 Å². The summed E-state index contributed by atoms with van der Waals surface area (Å²) in [6.07, 6.45) is 1.12. The molecule has 0 aliphatic heterocycles. The highest BCUT2D eigenvalue weighted by Gasteiger charge is 2.27. The van der Waals surface area contributed by atoms with Crippen molar-refractivity contribution < 1.29 is 24.7 Å². The van der Waals surface area contributed by atoms with Crippen LogP contribution < -0.4 is 16.1 Å². The number of hydroxylamine groups is 1. The molecule has 0 aromatic heterocycles. The van der Waals surface area contributed by atoms with Crippen LogP contribution in [-0.2, 0) is 9.59 Å². The Balaban J connectivity index is 1.56. The fourth-order valence-corrected chi connectivity index (χ4v) is 3.26. The van der Waals surface area contributed by atoms with Gasteiger partial charge in [0.1, 0.15) is 6.04 Å². The molecule has 0 radical (unpaired) electrons. The highest BCUT2D eigenvalue weighted by molar-refractivity contribution is 5.97. The van der Waals surface area contributed by atoms with Gasteiger partial charge in [0, 0.05) is 28.4 Å². The Labute approximate surface area is 198 Å². The van der Waals surface area contributed by atoms with Crippen LogP contribution in [0.3, 0.4) is 0 Å². The van der Waals surface area contributed by atoms with Gasteiger partial charge in [-0.15, -0.1) is 0 Å². The van der Waals surface area contributed by atoms with Crippen LogP contribution in [0.4, 0.5) is 5.69 Å². The first kappa shape index (κ1) is 24.9. The molecule has 9 nitrogen and oxygen atoms in total. The maximum atomic E-state index is 12.3. The van der Waals surface area contributed by atoms with Crippen molar-refractivity contribution >= 4 is 23.4 Å². The summed E-state index contributed by atoms with van der Waals surface area (Å²) < 4.78 is 0. The quantitative estimate of drug-likeness (QED) is 0.226. The molecule has 1 saturated carbocycles. The maximum absolute atomic E-state index is 12.3. The second-order valence-corrected chi connectivity index (χ2v) is 8.27. The predicted octanol–water partition coefficient (Wildman–Crippen LogP) is 1.10. The Morgan fingerprint density at radius 1 is 1.03 bits per heavy atom. The molecule has 2 atom stereocenters. The van der Waals surface area contributed by atoms with Gasteiger partial charge < -0.3 is 15.7 Å². The number of rotatable bonds is 8. The molecule has 178 valence electrons. The molecular formula is C25H28N4O5. The number of likely N-dealkylation sites (N-methyl/N-ethyl adjacent to an activating group) is 1. The monoisotopic (exact) mass is 464 g/mol. The first-order chi connectivity index (χ1) is 16.3. The predicted molar refractivity (Wildman–Crippen MR) is 126 cm³/mol. The minimum absolute atomic E-state index is 0.0471. The third-order valence-corrected chi connectivity index (χ3v) is 5.39. The number of anilines is 1. The summed E-state index contributed by atoms with van der Waals surface area (Å²) in [6.45, 7) is 1.70. The molecule has 9 heteroatoms. The minimum Gasteiger partial charge on any atom is -0.391 e. The molecule has 0 bridgehead atoms. The molecule has 2 aromatic rings. The first-order valence-corrected chi connectivity index (χ1v) is 10.9. The number of amides is 3. The van der Waals surface area contributed by atoms with E-state index < -0.39 is 24.0 Å². The normalized spacial score (nSPS) is 14.4. The zero-order valence-electron chi connectivity index (χ0n) is 19.0. The minimum atomic E-state index is -1.29. The number of hydrogen-bond acceptors (Lipinski definition) is 6. The van der Waals surface area contributed by atoms with Gasteiger partial charge in [-0.25, -0.2) is 5.48 Å². The van der Waals surface area contributed by atoms with E-state index in [9.17, 15) is 19.5 Å². The summed E-state index contributed by atoms with van der Waals surface area (Å²) in [5, 5.41) is 23.6. The summed E-state index contributed by atoms with van der Waals surface area (Å²) in [5.41, 5.74) is 3.84. The highest BCUT2D eigenvalue weighted by atomic mass is 16.5. The number of carbonyl (C=O) groups excluding carboxylic acids is 3. The van der Waals surface area contributed by atoms with E-state index in [0.29, 0.717) is 23.8 Å². The SMILES string of the molecule is C[C@@H](O)[C@H](NC(=O)c1ccc(C#Cc2ccc(NC(=O)CN(C)C3CC3)cc2)cc1)C(=O)NO. The summed E-state index contributed by atoms with van der Waals surface area (Å²) in [5.74, 6) is 4.50. The Morgan fingerprint density at radius 3 is 2.09 bits per heavy atom. The van der Waals surface area contributed by atoms with Crippen LogP contribution in [0.2, 0.25) is 0 Å². The Kier molecular flexibility index (Phi) is 8.38. The van der Waals surface area contributed by atoms with Gasteiger partial charge in [-0.1, -0.05) is 11.8 Å². The van der Waals surface area contributed by atoms with Crippen LogP contribution >= 0.6 is 0 Å². The summed E-state index contributed by atoms with van der Waals surface area (Å²) >= 11 is 0. The van der Waals surface area contributed by atoms with Gasteiger partial charge in [0.25, 0.3) is 11.8 Å². The molecule has 2 aromatic carbocycles. The molecule has 1 fully saturated rings. The zero-order valence-corrected chi connectivity index (χ0v) is 19.0. The molecule has 1 aliphatic rings. The van der Waals surface area contributed by atoms with E-state index in [2.05, 4.69) is 27.4 Å². The number of nitrogens with zero attached hydrogens (tertiary/aromatic N) is 1. The van der Waals surface area contributed by atoms with E-state index in [1.807, 2.05) is 19.2 Å². The number of carbonyl (C=O) groups is 3. The van der Waals surface area contributed by atoms with Crippen molar-refractivity contribution in [3.05, 3.63) is 65.2 Å². The number of benzene rings is 2. The van der Waals surface area contributed by atoms with E-state index >= 15 is 0 Å². The fraction of sp³-hybridized carbons (Fsp3) is 0.320. The van der Waals surface area contributed by atoms with Gasteiger partial charge in [-0.2, -0.15) is 0 Å². The zero-order chi connectivity index (χ0) is 24.7. The Morgan fingerprint density at radius 2 is 1.59 bits per heavy atom.